The van der Waals surface area contributed by atoms with E-state index in [-0.39, 0.29) is 29.3 Å². The van der Waals surface area contributed by atoms with Crippen LogP contribution in [0.1, 0.15) is 57.8 Å². The second-order valence-electron chi connectivity index (χ2n) is 8.19. The van der Waals surface area contributed by atoms with Gasteiger partial charge in [-0.05, 0) is 37.8 Å². The normalized spacial score (nSPS) is 26.0. The molecule has 2 atom stereocenters. The van der Waals surface area contributed by atoms with E-state index in [0.717, 1.165) is 64.5 Å². The van der Waals surface area contributed by atoms with Crippen LogP contribution < -0.4 is 9.80 Å². The Balaban J connectivity index is 1.66. The molecule has 7 nitrogen and oxygen atoms in total. The summed E-state index contributed by atoms with van der Waals surface area (Å²) in [7, 11) is 0. The number of hydrogen-bond donors (Lipinski definition) is 0. The van der Waals surface area contributed by atoms with Gasteiger partial charge in [0.15, 0.2) is 0 Å². The monoisotopic (exact) mass is 385 g/mol. The van der Waals surface area contributed by atoms with Crippen molar-refractivity contribution in [2.75, 3.05) is 22.9 Å². The molecule has 4 rings (SSSR count). The minimum atomic E-state index is -0.393. The predicted octanol–water partition coefficient (Wildman–Crippen LogP) is 4.04. The van der Waals surface area contributed by atoms with Crippen molar-refractivity contribution in [1.29, 1.82) is 0 Å². The number of carbonyl (C=O) groups excluding carboxylic acids is 2. The smallest absolute Gasteiger partial charge is 0.294 e. The molecule has 0 radical (unpaired) electrons. The molecule has 0 N–H and O–H groups in total. The number of benzene rings is 1. The Morgan fingerprint density at radius 2 is 1.43 bits per heavy atom. The first-order valence-electron chi connectivity index (χ1n) is 10.5. The van der Waals surface area contributed by atoms with Gasteiger partial charge in [0.25, 0.3) is 5.69 Å². The van der Waals surface area contributed by atoms with Crippen molar-refractivity contribution in [3.8, 4) is 0 Å². The van der Waals surface area contributed by atoms with E-state index in [0.29, 0.717) is 11.4 Å². The largest absolute Gasteiger partial charge is 0.366 e. The summed E-state index contributed by atoms with van der Waals surface area (Å²) in [5, 5.41) is 11.8. The van der Waals surface area contributed by atoms with Crippen molar-refractivity contribution in [3.63, 3.8) is 0 Å². The molecule has 7 heteroatoms. The first-order valence-corrected chi connectivity index (χ1v) is 10.5. The van der Waals surface area contributed by atoms with E-state index in [1.165, 1.54) is 17.4 Å². The number of rotatable bonds is 3. The number of imide groups is 1. The molecule has 1 saturated carbocycles. The van der Waals surface area contributed by atoms with Gasteiger partial charge < -0.3 is 4.90 Å². The van der Waals surface area contributed by atoms with Gasteiger partial charge in [0, 0.05) is 19.2 Å². The van der Waals surface area contributed by atoms with E-state index in [2.05, 4.69) is 4.90 Å². The standard InChI is InChI=1S/C21H27N3O4/c25-20-16-8-4-5-9-17(16)21(26)23(20)15-10-11-18(19(14-15)24(27)28)22-12-6-2-1-3-7-13-22/h10-11,14,16-17H,1-9,12-13H2/t16-,17+. The van der Waals surface area contributed by atoms with Crippen LogP contribution in [0.15, 0.2) is 18.2 Å². The van der Waals surface area contributed by atoms with Gasteiger partial charge in [0.2, 0.25) is 11.8 Å². The zero-order chi connectivity index (χ0) is 19.7. The Kier molecular flexibility index (Phi) is 5.33. The lowest BCUT2D eigenvalue weighted by atomic mass is 9.81. The summed E-state index contributed by atoms with van der Waals surface area (Å²) in [6, 6.07) is 4.84. The summed E-state index contributed by atoms with van der Waals surface area (Å²) >= 11 is 0. The number of amides is 2. The quantitative estimate of drug-likeness (QED) is 0.445. The van der Waals surface area contributed by atoms with E-state index in [4.69, 9.17) is 0 Å². The molecule has 2 heterocycles. The minimum Gasteiger partial charge on any atom is -0.366 e. The highest BCUT2D eigenvalue weighted by Crippen LogP contribution is 2.42. The van der Waals surface area contributed by atoms with Gasteiger partial charge in [-0.3, -0.25) is 19.7 Å². The average Bonchev–Trinajstić information content (AvgIpc) is 2.92. The molecule has 0 bridgehead atoms. The molecule has 2 amide bonds. The Hall–Kier alpha value is -2.44. The number of nitro benzene ring substituents is 1. The number of fused-ring (bicyclic) bond motifs is 1. The summed E-state index contributed by atoms with van der Waals surface area (Å²) in [6.07, 6.45) is 8.93. The van der Waals surface area contributed by atoms with Crippen LogP contribution in [0.5, 0.6) is 0 Å². The number of nitrogens with zero attached hydrogens (tertiary/aromatic N) is 3. The fourth-order valence-electron chi connectivity index (χ4n) is 4.97. The first kappa shape index (κ1) is 18.9. The molecule has 0 unspecified atom stereocenters. The van der Waals surface area contributed by atoms with Crippen molar-refractivity contribution in [2.45, 2.75) is 57.8 Å². The molecule has 3 aliphatic rings. The van der Waals surface area contributed by atoms with Crippen LogP contribution in [0.4, 0.5) is 17.1 Å². The van der Waals surface area contributed by atoms with Gasteiger partial charge >= 0.3 is 0 Å². The molecular formula is C21H27N3O4. The predicted molar refractivity (Wildman–Crippen MR) is 106 cm³/mol. The van der Waals surface area contributed by atoms with Gasteiger partial charge in [-0.25, -0.2) is 4.90 Å². The highest BCUT2D eigenvalue weighted by Gasteiger charge is 2.49. The van der Waals surface area contributed by atoms with Crippen LogP contribution in [0.3, 0.4) is 0 Å². The maximum absolute atomic E-state index is 12.8. The van der Waals surface area contributed by atoms with Crippen molar-refractivity contribution in [1.82, 2.24) is 0 Å². The lowest BCUT2D eigenvalue weighted by molar-refractivity contribution is -0.384. The SMILES string of the molecule is O=C1[C@H]2CCCC[C@H]2C(=O)N1c1ccc(N2CCCCCCC2)c([N+](=O)[O-])c1. The summed E-state index contributed by atoms with van der Waals surface area (Å²) in [6.45, 7) is 1.60. The zero-order valence-corrected chi connectivity index (χ0v) is 16.1. The van der Waals surface area contributed by atoms with Gasteiger partial charge in [0.05, 0.1) is 22.4 Å². The summed E-state index contributed by atoms with van der Waals surface area (Å²) in [5.74, 6) is -0.894. The fraction of sp³-hybridized carbons (Fsp3) is 0.619. The van der Waals surface area contributed by atoms with Crippen LogP contribution in [-0.2, 0) is 9.59 Å². The lowest BCUT2D eigenvalue weighted by Gasteiger charge is -2.27. The molecule has 1 aromatic carbocycles. The van der Waals surface area contributed by atoms with Crippen molar-refractivity contribution >= 4 is 28.9 Å². The maximum atomic E-state index is 12.8. The van der Waals surface area contributed by atoms with Crippen molar-refractivity contribution in [2.24, 2.45) is 11.8 Å². The molecule has 1 aromatic rings. The average molecular weight is 385 g/mol. The van der Waals surface area contributed by atoms with Gasteiger partial charge in [-0.15, -0.1) is 0 Å². The Bertz CT molecular complexity index is 762. The number of anilines is 2. The third-order valence-electron chi connectivity index (χ3n) is 6.45. The van der Waals surface area contributed by atoms with E-state index in [1.807, 2.05) is 0 Å². The van der Waals surface area contributed by atoms with E-state index < -0.39 is 4.92 Å². The van der Waals surface area contributed by atoms with Crippen molar-refractivity contribution in [3.05, 3.63) is 28.3 Å². The Morgan fingerprint density at radius 3 is 2.00 bits per heavy atom. The molecule has 2 saturated heterocycles. The minimum absolute atomic E-state index is 0.0199. The molecule has 28 heavy (non-hydrogen) atoms. The van der Waals surface area contributed by atoms with Crippen LogP contribution in [0, 0.1) is 22.0 Å². The number of nitro groups is 1. The Morgan fingerprint density at radius 1 is 0.857 bits per heavy atom. The summed E-state index contributed by atoms with van der Waals surface area (Å²) < 4.78 is 0. The molecule has 0 spiro atoms. The second kappa shape index (κ2) is 7.89. The van der Waals surface area contributed by atoms with Gasteiger partial charge in [-0.1, -0.05) is 32.1 Å². The zero-order valence-electron chi connectivity index (χ0n) is 16.1. The van der Waals surface area contributed by atoms with E-state index in [1.54, 1.807) is 12.1 Å². The fourth-order valence-corrected chi connectivity index (χ4v) is 4.97. The first-order chi connectivity index (χ1) is 13.6. The number of hydrogen-bond acceptors (Lipinski definition) is 5. The van der Waals surface area contributed by atoms with Gasteiger partial charge in [-0.2, -0.15) is 0 Å². The number of carbonyl (C=O) groups is 2. The van der Waals surface area contributed by atoms with E-state index in [9.17, 15) is 19.7 Å². The van der Waals surface area contributed by atoms with Crippen LogP contribution >= 0.6 is 0 Å². The summed E-state index contributed by atoms with van der Waals surface area (Å²) in [5.41, 5.74) is 0.910. The van der Waals surface area contributed by atoms with Gasteiger partial charge in [0.1, 0.15) is 5.69 Å². The topological polar surface area (TPSA) is 83.8 Å². The van der Waals surface area contributed by atoms with Crippen LogP contribution in [0.2, 0.25) is 0 Å². The van der Waals surface area contributed by atoms with E-state index >= 15 is 0 Å². The maximum Gasteiger partial charge on any atom is 0.294 e. The highest BCUT2D eigenvalue weighted by molar-refractivity contribution is 6.22. The molecule has 2 aliphatic heterocycles. The lowest BCUT2D eigenvalue weighted by Crippen LogP contribution is -2.31. The van der Waals surface area contributed by atoms with Crippen LogP contribution in [0.25, 0.3) is 0 Å². The molecule has 3 fully saturated rings. The second-order valence-corrected chi connectivity index (χ2v) is 8.19. The molecule has 0 aromatic heterocycles. The summed E-state index contributed by atoms with van der Waals surface area (Å²) in [4.78, 5) is 40.3. The third kappa shape index (κ3) is 3.38. The molecular weight excluding hydrogens is 358 g/mol. The third-order valence-corrected chi connectivity index (χ3v) is 6.45. The highest BCUT2D eigenvalue weighted by atomic mass is 16.6. The molecule has 150 valence electrons. The van der Waals surface area contributed by atoms with Crippen LogP contribution in [-0.4, -0.2) is 29.8 Å². The van der Waals surface area contributed by atoms with Crippen molar-refractivity contribution < 1.29 is 14.5 Å². The Labute approximate surface area is 164 Å². The molecule has 1 aliphatic carbocycles.